The first kappa shape index (κ1) is 13.1. The molecule has 0 heterocycles. The molecule has 0 radical (unpaired) electrons. The summed E-state index contributed by atoms with van der Waals surface area (Å²) in [4.78, 5) is 11.8. The summed E-state index contributed by atoms with van der Waals surface area (Å²) in [5.74, 6) is -0.740. The Morgan fingerprint density at radius 1 is 1.44 bits per heavy atom. The van der Waals surface area contributed by atoms with Gasteiger partial charge in [0, 0.05) is 4.47 Å². The van der Waals surface area contributed by atoms with Crippen molar-refractivity contribution < 1.29 is 9.18 Å². The fourth-order valence-corrected chi connectivity index (χ4v) is 1.35. The summed E-state index contributed by atoms with van der Waals surface area (Å²) in [6.07, 6.45) is 0. The average molecular weight is 289 g/mol. The normalized spacial score (nSPS) is 11.3. The minimum Gasteiger partial charge on any atom is -0.322 e. The highest BCUT2D eigenvalue weighted by Crippen LogP contribution is 2.20. The summed E-state index contributed by atoms with van der Waals surface area (Å²) in [6, 6.07) is 4.40. The molecule has 1 rings (SSSR count). The standard InChI is InChI=1S/C11H14BrFN2O/c1-11(2,14-3)10(16)15-9-6-7(12)4-5-8(9)13/h4-6,14H,1-3H3,(H,15,16). The summed E-state index contributed by atoms with van der Waals surface area (Å²) >= 11 is 3.22. The third-order valence-corrected chi connectivity index (χ3v) is 2.86. The van der Waals surface area contributed by atoms with Crippen molar-refractivity contribution in [2.45, 2.75) is 19.4 Å². The van der Waals surface area contributed by atoms with E-state index in [0.717, 1.165) is 0 Å². The van der Waals surface area contributed by atoms with Crippen LogP contribution in [0.3, 0.4) is 0 Å². The first-order valence-corrected chi connectivity index (χ1v) is 5.61. The zero-order valence-electron chi connectivity index (χ0n) is 9.40. The van der Waals surface area contributed by atoms with Crippen molar-refractivity contribution in [3.05, 3.63) is 28.5 Å². The number of halogens is 2. The van der Waals surface area contributed by atoms with Gasteiger partial charge in [-0.25, -0.2) is 4.39 Å². The number of anilines is 1. The van der Waals surface area contributed by atoms with Gasteiger partial charge in [-0.15, -0.1) is 0 Å². The van der Waals surface area contributed by atoms with Crippen molar-refractivity contribution in [2.75, 3.05) is 12.4 Å². The molecule has 0 saturated heterocycles. The van der Waals surface area contributed by atoms with Gasteiger partial charge in [0.05, 0.1) is 11.2 Å². The fourth-order valence-electron chi connectivity index (χ4n) is 0.985. The summed E-state index contributed by atoms with van der Waals surface area (Å²) < 4.78 is 14.1. The average Bonchev–Trinajstić information content (AvgIpc) is 2.23. The van der Waals surface area contributed by atoms with E-state index < -0.39 is 11.4 Å². The van der Waals surface area contributed by atoms with Crippen molar-refractivity contribution in [2.24, 2.45) is 0 Å². The number of carbonyl (C=O) groups excluding carboxylic acids is 1. The van der Waals surface area contributed by atoms with Gasteiger partial charge in [0.25, 0.3) is 0 Å². The van der Waals surface area contributed by atoms with Crippen LogP contribution < -0.4 is 10.6 Å². The highest BCUT2D eigenvalue weighted by Gasteiger charge is 2.25. The molecule has 16 heavy (non-hydrogen) atoms. The van der Waals surface area contributed by atoms with Crippen LogP contribution in [0.25, 0.3) is 0 Å². The molecule has 1 aromatic carbocycles. The van der Waals surface area contributed by atoms with Gasteiger partial charge in [-0.05, 0) is 39.1 Å². The first-order valence-electron chi connectivity index (χ1n) is 4.82. The molecule has 0 atom stereocenters. The Balaban J connectivity index is 2.89. The van der Waals surface area contributed by atoms with Crippen LogP contribution >= 0.6 is 15.9 Å². The maximum Gasteiger partial charge on any atom is 0.244 e. The topological polar surface area (TPSA) is 41.1 Å². The molecule has 0 aliphatic rings. The number of likely N-dealkylation sites (N-methyl/N-ethyl adjacent to an activating group) is 1. The molecule has 0 bridgehead atoms. The lowest BCUT2D eigenvalue weighted by Gasteiger charge is -2.22. The fraction of sp³-hybridized carbons (Fsp3) is 0.364. The third kappa shape index (κ3) is 3.02. The van der Waals surface area contributed by atoms with Crippen LogP contribution in [0.5, 0.6) is 0 Å². The molecule has 2 N–H and O–H groups in total. The quantitative estimate of drug-likeness (QED) is 0.897. The largest absolute Gasteiger partial charge is 0.322 e. The second kappa shape index (κ2) is 4.93. The van der Waals surface area contributed by atoms with Gasteiger partial charge < -0.3 is 10.6 Å². The van der Waals surface area contributed by atoms with Crippen molar-refractivity contribution >= 4 is 27.5 Å². The number of rotatable bonds is 3. The third-order valence-electron chi connectivity index (χ3n) is 2.37. The number of benzene rings is 1. The number of nitrogens with one attached hydrogen (secondary N) is 2. The van der Waals surface area contributed by atoms with Crippen LogP contribution in [-0.4, -0.2) is 18.5 Å². The SMILES string of the molecule is CNC(C)(C)C(=O)Nc1cc(Br)ccc1F. The molecule has 1 aromatic rings. The Labute approximate surface area is 103 Å². The molecule has 0 aromatic heterocycles. The lowest BCUT2D eigenvalue weighted by Crippen LogP contribution is -2.48. The van der Waals surface area contributed by atoms with E-state index in [1.54, 1.807) is 27.0 Å². The van der Waals surface area contributed by atoms with E-state index in [4.69, 9.17) is 0 Å². The van der Waals surface area contributed by atoms with E-state index >= 15 is 0 Å². The highest BCUT2D eigenvalue weighted by molar-refractivity contribution is 9.10. The van der Waals surface area contributed by atoms with Crippen molar-refractivity contribution in [3.8, 4) is 0 Å². The van der Waals surface area contributed by atoms with E-state index in [1.165, 1.54) is 12.1 Å². The van der Waals surface area contributed by atoms with Gasteiger partial charge in [-0.3, -0.25) is 4.79 Å². The number of amides is 1. The van der Waals surface area contributed by atoms with Crippen molar-refractivity contribution in [1.29, 1.82) is 0 Å². The van der Waals surface area contributed by atoms with E-state index in [0.29, 0.717) is 4.47 Å². The number of carbonyl (C=O) groups is 1. The number of hydrogen-bond acceptors (Lipinski definition) is 2. The minimum atomic E-state index is -0.741. The van der Waals surface area contributed by atoms with E-state index in [1.807, 2.05) is 0 Å². The smallest absolute Gasteiger partial charge is 0.244 e. The summed E-state index contributed by atoms with van der Waals surface area (Å²) in [5.41, 5.74) is -0.572. The molecule has 0 aliphatic heterocycles. The Kier molecular flexibility index (Phi) is 4.04. The summed E-state index contributed by atoms with van der Waals surface area (Å²) in [5, 5.41) is 5.38. The molecule has 88 valence electrons. The summed E-state index contributed by atoms with van der Waals surface area (Å²) in [6.45, 7) is 3.44. The Morgan fingerprint density at radius 2 is 2.06 bits per heavy atom. The van der Waals surface area contributed by atoms with Crippen LogP contribution in [-0.2, 0) is 4.79 Å². The van der Waals surface area contributed by atoms with Gasteiger partial charge in [0.15, 0.2) is 0 Å². The highest BCUT2D eigenvalue weighted by atomic mass is 79.9. The van der Waals surface area contributed by atoms with E-state index in [-0.39, 0.29) is 11.6 Å². The van der Waals surface area contributed by atoms with Crippen LogP contribution in [0.2, 0.25) is 0 Å². The zero-order chi connectivity index (χ0) is 12.3. The molecule has 5 heteroatoms. The second-order valence-electron chi connectivity index (χ2n) is 3.95. The zero-order valence-corrected chi connectivity index (χ0v) is 11.0. The van der Waals surface area contributed by atoms with Gasteiger partial charge >= 0.3 is 0 Å². The number of hydrogen-bond donors (Lipinski definition) is 2. The Hall–Kier alpha value is -0.940. The first-order chi connectivity index (χ1) is 7.36. The van der Waals surface area contributed by atoms with Crippen LogP contribution in [0.4, 0.5) is 10.1 Å². The van der Waals surface area contributed by atoms with Gasteiger partial charge in [0.2, 0.25) is 5.91 Å². The predicted molar refractivity (Wildman–Crippen MR) is 65.9 cm³/mol. The van der Waals surface area contributed by atoms with Crippen LogP contribution in [0, 0.1) is 5.82 Å². The monoisotopic (exact) mass is 288 g/mol. The van der Waals surface area contributed by atoms with E-state index in [9.17, 15) is 9.18 Å². The lowest BCUT2D eigenvalue weighted by atomic mass is 10.1. The second-order valence-corrected chi connectivity index (χ2v) is 4.87. The van der Waals surface area contributed by atoms with Crippen LogP contribution in [0.15, 0.2) is 22.7 Å². The maximum absolute atomic E-state index is 13.4. The Bertz CT molecular complexity index is 407. The molecule has 0 spiro atoms. The van der Waals surface area contributed by atoms with Crippen molar-refractivity contribution in [3.63, 3.8) is 0 Å². The van der Waals surface area contributed by atoms with E-state index in [2.05, 4.69) is 26.6 Å². The molecule has 1 amide bonds. The Morgan fingerprint density at radius 3 is 2.62 bits per heavy atom. The molecule has 0 aliphatic carbocycles. The molecular weight excluding hydrogens is 275 g/mol. The molecule has 0 fully saturated rings. The molecule has 0 unspecified atom stereocenters. The molecule has 0 saturated carbocycles. The lowest BCUT2D eigenvalue weighted by molar-refractivity contribution is -0.121. The van der Waals surface area contributed by atoms with Crippen molar-refractivity contribution in [1.82, 2.24) is 5.32 Å². The van der Waals surface area contributed by atoms with Gasteiger partial charge in [0.1, 0.15) is 5.82 Å². The summed E-state index contributed by atoms with van der Waals surface area (Å²) in [7, 11) is 1.68. The predicted octanol–water partition coefficient (Wildman–Crippen LogP) is 2.52. The minimum absolute atomic E-state index is 0.169. The van der Waals surface area contributed by atoms with Crippen LogP contribution in [0.1, 0.15) is 13.8 Å². The molecular formula is C11H14BrFN2O. The van der Waals surface area contributed by atoms with Gasteiger partial charge in [-0.2, -0.15) is 0 Å². The van der Waals surface area contributed by atoms with Gasteiger partial charge in [-0.1, -0.05) is 15.9 Å². The maximum atomic E-state index is 13.4. The molecule has 3 nitrogen and oxygen atoms in total.